The fourth-order valence-corrected chi connectivity index (χ4v) is 11.0. The van der Waals surface area contributed by atoms with Gasteiger partial charge >= 0.3 is 0 Å². The van der Waals surface area contributed by atoms with Gasteiger partial charge in [0.2, 0.25) is 0 Å². The molecule has 1 heteroatoms. The van der Waals surface area contributed by atoms with Crippen molar-refractivity contribution in [2.24, 2.45) is 5.92 Å². The Kier molecular flexibility index (Phi) is 6.73. The maximum atomic E-state index is 2.47. The summed E-state index contributed by atoms with van der Waals surface area (Å²) in [7, 11) is 0. The van der Waals surface area contributed by atoms with Crippen LogP contribution in [0.1, 0.15) is 17.5 Å². The highest BCUT2D eigenvalue weighted by Gasteiger charge is 2.32. The van der Waals surface area contributed by atoms with Crippen LogP contribution in [0.25, 0.3) is 85.5 Å². The molecule has 55 heavy (non-hydrogen) atoms. The fourth-order valence-electron chi connectivity index (χ4n) is 9.85. The van der Waals surface area contributed by atoms with Gasteiger partial charge in [-0.25, -0.2) is 0 Å². The quantitative estimate of drug-likeness (QED) is 0.160. The molecule has 0 fully saturated rings. The third-order valence-electron chi connectivity index (χ3n) is 12.2. The molecule has 0 saturated heterocycles. The topological polar surface area (TPSA) is 0 Å². The summed E-state index contributed by atoms with van der Waals surface area (Å²) in [5.74, 6) is 0.213. The minimum absolute atomic E-state index is 0.213. The van der Waals surface area contributed by atoms with Gasteiger partial charge in [0.1, 0.15) is 0 Å². The summed E-state index contributed by atoms with van der Waals surface area (Å²) in [6, 6.07) is 63.7. The Hall–Kier alpha value is -6.54. The second kappa shape index (κ2) is 12.0. The van der Waals surface area contributed by atoms with Crippen LogP contribution in [-0.4, -0.2) is 0 Å². The van der Waals surface area contributed by atoms with Gasteiger partial charge in [0.05, 0.1) is 0 Å². The average molecular weight is 715 g/mol. The third kappa shape index (κ3) is 4.57. The van der Waals surface area contributed by atoms with E-state index in [-0.39, 0.29) is 5.92 Å². The molecule has 2 aliphatic rings. The molecule has 256 valence electrons. The van der Waals surface area contributed by atoms with Crippen LogP contribution in [0.4, 0.5) is 0 Å². The van der Waals surface area contributed by atoms with Crippen molar-refractivity contribution in [3.63, 3.8) is 0 Å². The maximum absolute atomic E-state index is 2.47. The first-order chi connectivity index (χ1) is 27.3. The SMILES string of the molecule is C1=CCC2C(=C1)C(c1cccc(-c3cc4ccccc4c4ccccc34)c1)=c1c(ccc3sc4ccccc4c13)=C2c1cc2ccccc2c2ccccc12. The summed E-state index contributed by atoms with van der Waals surface area (Å²) >= 11 is 1.91. The van der Waals surface area contributed by atoms with Crippen LogP contribution in [0.15, 0.2) is 194 Å². The van der Waals surface area contributed by atoms with Crippen molar-refractivity contribution in [2.45, 2.75) is 6.42 Å². The van der Waals surface area contributed by atoms with Gasteiger partial charge in [0.15, 0.2) is 0 Å². The van der Waals surface area contributed by atoms with E-state index in [4.69, 9.17) is 0 Å². The van der Waals surface area contributed by atoms with Gasteiger partial charge in [0, 0.05) is 26.1 Å². The molecule has 0 saturated carbocycles. The van der Waals surface area contributed by atoms with E-state index in [0.717, 1.165) is 6.42 Å². The third-order valence-corrected chi connectivity index (χ3v) is 13.3. The zero-order valence-corrected chi connectivity index (χ0v) is 30.9. The summed E-state index contributed by atoms with van der Waals surface area (Å²) < 4.78 is 2.67. The van der Waals surface area contributed by atoms with Crippen LogP contribution in [0.5, 0.6) is 0 Å². The second-order valence-corrected chi connectivity index (χ2v) is 16.1. The Morgan fingerprint density at radius 3 is 1.80 bits per heavy atom. The molecule has 0 spiro atoms. The number of fused-ring (bicyclic) bond motifs is 12. The highest BCUT2D eigenvalue weighted by Crippen LogP contribution is 2.45. The molecule has 0 N–H and O–H groups in total. The van der Waals surface area contributed by atoms with Crippen molar-refractivity contribution >= 4 is 85.7 Å². The lowest BCUT2D eigenvalue weighted by Gasteiger charge is -2.32. The van der Waals surface area contributed by atoms with Gasteiger partial charge in [-0.1, -0.05) is 158 Å². The van der Waals surface area contributed by atoms with Crippen molar-refractivity contribution in [3.05, 3.63) is 215 Å². The van der Waals surface area contributed by atoms with Crippen LogP contribution < -0.4 is 10.4 Å². The molecule has 1 aromatic heterocycles. The fraction of sp³-hybridized carbons (Fsp3) is 0.0370. The van der Waals surface area contributed by atoms with Crippen molar-refractivity contribution in [1.82, 2.24) is 0 Å². The monoisotopic (exact) mass is 714 g/mol. The van der Waals surface area contributed by atoms with Crippen LogP contribution in [0.2, 0.25) is 0 Å². The Morgan fingerprint density at radius 2 is 1.05 bits per heavy atom. The van der Waals surface area contributed by atoms with Crippen molar-refractivity contribution in [2.75, 3.05) is 0 Å². The highest BCUT2D eigenvalue weighted by molar-refractivity contribution is 7.25. The normalized spacial score (nSPS) is 15.3. The molecule has 1 unspecified atom stereocenters. The molecule has 1 heterocycles. The summed E-state index contributed by atoms with van der Waals surface area (Å²) in [5.41, 5.74) is 9.34. The molecule has 0 radical (unpaired) electrons. The Balaban J connectivity index is 1.25. The Morgan fingerprint density at radius 1 is 0.455 bits per heavy atom. The standard InChI is InChI=1S/C54H34S/c1-3-18-37-34(14-1)31-47(41-22-7-5-20-39(37)41)33-16-13-17-36(30-33)51-43-24-9-10-25-44(43)52(46-28-29-50-53(54(46)51)45-26-11-12-27-49(45)55-50)48-32-35-15-2-4-19-38(35)40-21-6-8-23-42(40)48/h1-24,26-32,44H,25H2. The number of thiophene rings is 1. The Labute approximate surface area is 322 Å². The first kappa shape index (κ1) is 30.9. The molecule has 9 aromatic carbocycles. The van der Waals surface area contributed by atoms with Gasteiger partial charge in [-0.2, -0.15) is 0 Å². The van der Waals surface area contributed by atoms with E-state index < -0.39 is 0 Å². The summed E-state index contributed by atoms with van der Waals surface area (Å²) in [5, 5.41) is 15.8. The van der Waals surface area contributed by atoms with Crippen LogP contribution in [0.3, 0.4) is 0 Å². The van der Waals surface area contributed by atoms with Crippen molar-refractivity contribution < 1.29 is 0 Å². The summed E-state index contributed by atoms with van der Waals surface area (Å²) in [6.07, 6.45) is 8.04. The van der Waals surface area contributed by atoms with E-state index in [1.54, 1.807) is 0 Å². The highest BCUT2D eigenvalue weighted by atomic mass is 32.1. The molecular weight excluding hydrogens is 681 g/mol. The lowest BCUT2D eigenvalue weighted by Crippen LogP contribution is -2.38. The van der Waals surface area contributed by atoms with Crippen molar-refractivity contribution in [1.29, 1.82) is 0 Å². The molecule has 0 amide bonds. The van der Waals surface area contributed by atoms with E-state index in [0.29, 0.717) is 0 Å². The average Bonchev–Trinajstić information content (AvgIpc) is 3.64. The number of hydrogen-bond donors (Lipinski definition) is 0. The lowest BCUT2D eigenvalue weighted by atomic mass is 9.71. The van der Waals surface area contributed by atoms with E-state index in [9.17, 15) is 0 Å². The molecule has 0 nitrogen and oxygen atoms in total. The van der Waals surface area contributed by atoms with Gasteiger partial charge in [-0.15, -0.1) is 11.3 Å². The first-order valence-electron chi connectivity index (χ1n) is 19.3. The van der Waals surface area contributed by atoms with E-state index in [2.05, 4.69) is 188 Å². The summed E-state index contributed by atoms with van der Waals surface area (Å²) in [4.78, 5) is 0. The van der Waals surface area contributed by atoms with E-state index in [1.165, 1.54) is 113 Å². The minimum Gasteiger partial charge on any atom is -0.135 e. The summed E-state index contributed by atoms with van der Waals surface area (Å²) in [6.45, 7) is 0. The number of rotatable bonds is 3. The van der Waals surface area contributed by atoms with E-state index in [1.807, 2.05) is 11.3 Å². The second-order valence-electron chi connectivity index (χ2n) is 15.0. The molecule has 12 rings (SSSR count). The zero-order valence-electron chi connectivity index (χ0n) is 30.1. The van der Waals surface area contributed by atoms with Gasteiger partial charge in [0.25, 0.3) is 0 Å². The number of allylic oxidation sites excluding steroid dienone is 4. The van der Waals surface area contributed by atoms with Crippen LogP contribution in [0, 0.1) is 5.92 Å². The molecular formula is C54H34S. The van der Waals surface area contributed by atoms with Gasteiger partial charge in [-0.3, -0.25) is 0 Å². The Bertz CT molecular complexity index is 3460. The largest absolute Gasteiger partial charge is 0.135 e. The smallest absolute Gasteiger partial charge is 0.0362 e. The first-order valence-corrected chi connectivity index (χ1v) is 20.1. The molecule has 2 aliphatic carbocycles. The predicted molar refractivity (Wildman–Crippen MR) is 237 cm³/mol. The maximum Gasteiger partial charge on any atom is 0.0362 e. The zero-order chi connectivity index (χ0) is 36.0. The van der Waals surface area contributed by atoms with Crippen LogP contribution >= 0.6 is 11.3 Å². The van der Waals surface area contributed by atoms with Crippen molar-refractivity contribution in [3.8, 4) is 11.1 Å². The molecule has 0 bridgehead atoms. The van der Waals surface area contributed by atoms with Gasteiger partial charge < -0.3 is 0 Å². The molecule has 0 aliphatic heterocycles. The number of hydrogen-bond acceptors (Lipinski definition) is 1. The van der Waals surface area contributed by atoms with Gasteiger partial charge in [-0.05, 0) is 129 Å². The lowest BCUT2D eigenvalue weighted by molar-refractivity contribution is 0.800. The number of benzene rings is 9. The minimum atomic E-state index is 0.213. The predicted octanol–water partition coefficient (Wildman–Crippen LogP) is 13.2. The van der Waals surface area contributed by atoms with Crippen LogP contribution in [-0.2, 0) is 0 Å². The molecule has 10 aromatic rings. The van der Waals surface area contributed by atoms with E-state index >= 15 is 0 Å². The molecule has 1 atom stereocenters.